The van der Waals surface area contributed by atoms with Gasteiger partial charge in [-0.1, -0.05) is 26.0 Å². The van der Waals surface area contributed by atoms with Crippen molar-refractivity contribution in [3.05, 3.63) is 29.8 Å². The van der Waals surface area contributed by atoms with Crippen LogP contribution in [0.15, 0.2) is 24.3 Å². The molecule has 0 heterocycles. The average molecular weight is 278 g/mol. The van der Waals surface area contributed by atoms with E-state index in [1.807, 2.05) is 26.0 Å². The number of carbonyl (C=O) groups excluding carboxylic acids is 1. The van der Waals surface area contributed by atoms with Crippen LogP contribution in [-0.2, 0) is 4.79 Å². The number of hydrogen-bond acceptors (Lipinski definition) is 3. The highest BCUT2D eigenvalue weighted by atomic mass is 16.5. The minimum atomic E-state index is -0.386. The zero-order valence-electron chi connectivity index (χ0n) is 12.9. The monoisotopic (exact) mass is 278 g/mol. The molecule has 0 aromatic heterocycles. The number of carbonyl (C=O) groups is 1. The van der Waals surface area contributed by atoms with Gasteiger partial charge < -0.3 is 15.8 Å². The molecule has 20 heavy (non-hydrogen) atoms. The largest absolute Gasteiger partial charge is 0.493 e. The molecule has 0 bridgehead atoms. The average Bonchev–Trinajstić information content (AvgIpc) is 2.36. The Hall–Kier alpha value is -1.55. The number of benzene rings is 1. The van der Waals surface area contributed by atoms with E-state index in [-0.39, 0.29) is 11.4 Å². The summed E-state index contributed by atoms with van der Waals surface area (Å²) in [4.78, 5) is 11.6. The molecule has 1 amide bonds. The third-order valence-corrected chi connectivity index (χ3v) is 2.89. The van der Waals surface area contributed by atoms with E-state index in [4.69, 9.17) is 10.5 Å². The summed E-state index contributed by atoms with van der Waals surface area (Å²) in [6.45, 7) is 8.89. The molecule has 1 aromatic rings. The van der Waals surface area contributed by atoms with Crippen molar-refractivity contribution in [3.63, 3.8) is 0 Å². The number of nitrogens with two attached hydrogens (primary N) is 1. The van der Waals surface area contributed by atoms with Crippen LogP contribution in [0.25, 0.3) is 0 Å². The third-order valence-electron chi connectivity index (χ3n) is 2.89. The maximum Gasteiger partial charge on any atom is 0.223 e. The lowest BCUT2D eigenvalue weighted by Crippen LogP contribution is -2.45. The van der Waals surface area contributed by atoms with Crippen LogP contribution < -0.4 is 15.8 Å². The van der Waals surface area contributed by atoms with Crippen LogP contribution in [0, 0.1) is 0 Å². The zero-order valence-corrected chi connectivity index (χ0v) is 12.9. The van der Waals surface area contributed by atoms with Crippen molar-refractivity contribution in [1.82, 2.24) is 5.32 Å². The van der Waals surface area contributed by atoms with E-state index in [1.54, 1.807) is 0 Å². The van der Waals surface area contributed by atoms with E-state index in [9.17, 15) is 4.79 Å². The van der Waals surface area contributed by atoms with E-state index < -0.39 is 0 Å². The summed E-state index contributed by atoms with van der Waals surface area (Å²) in [6, 6.07) is 7.99. The smallest absolute Gasteiger partial charge is 0.223 e. The molecule has 4 heteroatoms. The van der Waals surface area contributed by atoms with E-state index in [0.717, 1.165) is 5.75 Å². The minimum Gasteiger partial charge on any atom is -0.493 e. The highest BCUT2D eigenvalue weighted by Crippen LogP contribution is 2.18. The van der Waals surface area contributed by atoms with Gasteiger partial charge in [0.05, 0.1) is 13.0 Å². The van der Waals surface area contributed by atoms with E-state index in [0.29, 0.717) is 25.5 Å². The van der Waals surface area contributed by atoms with E-state index >= 15 is 0 Å². The Morgan fingerprint density at radius 1 is 1.30 bits per heavy atom. The molecule has 4 nitrogen and oxygen atoms in total. The summed E-state index contributed by atoms with van der Waals surface area (Å²) in [5.41, 5.74) is 6.69. The first kappa shape index (κ1) is 16.5. The minimum absolute atomic E-state index is 0.0395. The fraction of sp³-hybridized carbons (Fsp3) is 0.562. The molecule has 0 unspecified atom stereocenters. The third kappa shape index (κ3) is 6.57. The van der Waals surface area contributed by atoms with Crippen molar-refractivity contribution in [3.8, 4) is 5.75 Å². The second-order valence-corrected chi connectivity index (χ2v) is 6.09. The number of hydrogen-bond donors (Lipinski definition) is 2. The summed E-state index contributed by atoms with van der Waals surface area (Å²) >= 11 is 0. The van der Waals surface area contributed by atoms with Crippen LogP contribution in [0.1, 0.15) is 45.6 Å². The number of amides is 1. The van der Waals surface area contributed by atoms with Gasteiger partial charge >= 0.3 is 0 Å². The molecule has 0 radical (unpaired) electrons. The Kier molecular flexibility index (Phi) is 6.02. The second kappa shape index (κ2) is 7.29. The molecule has 0 spiro atoms. The summed E-state index contributed by atoms with van der Waals surface area (Å²) in [5, 5.41) is 2.79. The highest BCUT2D eigenvalue weighted by molar-refractivity contribution is 5.76. The quantitative estimate of drug-likeness (QED) is 0.805. The van der Waals surface area contributed by atoms with Crippen LogP contribution in [0.3, 0.4) is 0 Å². The predicted octanol–water partition coefficient (Wildman–Crippen LogP) is 2.43. The first-order chi connectivity index (χ1) is 9.28. The number of ether oxygens (including phenoxy) is 1. The van der Waals surface area contributed by atoms with E-state index in [1.165, 1.54) is 5.56 Å². The summed E-state index contributed by atoms with van der Waals surface area (Å²) in [5.74, 6) is 1.26. The van der Waals surface area contributed by atoms with Gasteiger partial charge in [0.1, 0.15) is 5.75 Å². The van der Waals surface area contributed by atoms with Crippen molar-refractivity contribution >= 4 is 5.91 Å². The van der Waals surface area contributed by atoms with Crippen LogP contribution in [-0.4, -0.2) is 24.6 Å². The van der Waals surface area contributed by atoms with Gasteiger partial charge in [0.15, 0.2) is 0 Å². The Labute approximate surface area is 121 Å². The topological polar surface area (TPSA) is 64.3 Å². The Balaban J connectivity index is 2.28. The molecule has 0 saturated heterocycles. The molecule has 1 rings (SSSR count). The Morgan fingerprint density at radius 3 is 2.40 bits per heavy atom. The van der Waals surface area contributed by atoms with Gasteiger partial charge in [0.2, 0.25) is 5.91 Å². The molecular weight excluding hydrogens is 252 g/mol. The van der Waals surface area contributed by atoms with Crippen LogP contribution in [0.2, 0.25) is 0 Å². The lowest BCUT2D eigenvalue weighted by atomic mass is 10.0. The molecule has 0 aliphatic heterocycles. The van der Waals surface area contributed by atoms with Crippen LogP contribution in [0.5, 0.6) is 5.75 Å². The highest BCUT2D eigenvalue weighted by Gasteiger charge is 2.12. The lowest BCUT2D eigenvalue weighted by molar-refractivity contribution is -0.121. The molecule has 112 valence electrons. The van der Waals surface area contributed by atoms with Crippen LogP contribution in [0.4, 0.5) is 0 Å². The Morgan fingerprint density at radius 2 is 1.90 bits per heavy atom. The van der Waals surface area contributed by atoms with Gasteiger partial charge in [-0.2, -0.15) is 0 Å². The van der Waals surface area contributed by atoms with Crippen molar-refractivity contribution in [2.45, 2.75) is 45.6 Å². The maximum absolute atomic E-state index is 11.6. The van der Waals surface area contributed by atoms with Gasteiger partial charge in [0, 0.05) is 12.1 Å². The molecule has 1 aromatic carbocycles. The normalized spacial score (nSPS) is 11.5. The van der Waals surface area contributed by atoms with Crippen molar-refractivity contribution in [2.24, 2.45) is 5.73 Å². The SMILES string of the molecule is CC(C)c1ccc(OCCC(=O)NCC(C)(C)N)cc1. The fourth-order valence-corrected chi connectivity index (χ4v) is 1.63. The molecule has 0 aliphatic carbocycles. The standard InChI is InChI=1S/C16H26N2O2/c1-12(2)13-5-7-14(8-6-13)20-10-9-15(19)18-11-16(3,4)17/h5-8,12H,9-11,17H2,1-4H3,(H,18,19). The summed E-state index contributed by atoms with van der Waals surface area (Å²) in [7, 11) is 0. The van der Waals surface area contributed by atoms with Crippen LogP contribution >= 0.6 is 0 Å². The predicted molar refractivity (Wildman–Crippen MR) is 81.9 cm³/mol. The maximum atomic E-state index is 11.6. The number of nitrogens with one attached hydrogen (secondary N) is 1. The van der Waals surface area contributed by atoms with Gasteiger partial charge in [-0.05, 0) is 37.5 Å². The fourth-order valence-electron chi connectivity index (χ4n) is 1.63. The van der Waals surface area contributed by atoms with Crippen molar-refractivity contribution < 1.29 is 9.53 Å². The summed E-state index contributed by atoms with van der Waals surface area (Å²) < 4.78 is 5.55. The molecular formula is C16H26N2O2. The number of rotatable bonds is 7. The van der Waals surface area contributed by atoms with Gasteiger partial charge in [-0.25, -0.2) is 0 Å². The van der Waals surface area contributed by atoms with Crippen molar-refractivity contribution in [1.29, 1.82) is 0 Å². The lowest BCUT2D eigenvalue weighted by Gasteiger charge is -2.18. The molecule has 0 fully saturated rings. The molecule has 0 saturated carbocycles. The Bertz CT molecular complexity index is 419. The van der Waals surface area contributed by atoms with Gasteiger partial charge in [-0.3, -0.25) is 4.79 Å². The molecule has 0 atom stereocenters. The van der Waals surface area contributed by atoms with Gasteiger partial charge in [0.25, 0.3) is 0 Å². The second-order valence-electron chi connectivity index (χ2n) is 6.09. The summed E-state index contributed by atoms with van der Waals surface area (Å²) in [6.07, 6.45) is 0.335. The van der Waals surface area contributed by atoms with E-state index in [2.05, 4.69) is 31.3 Å². The van der Waals surface area contributed by atoms with Crippen molar-refractivity contribution in [2.75, 3.05) is 13.2 Å². The van der Waals surface area contributed by atoms with Gasteiger partial charge in [-0.15, -0.1) is 0 Å². The zero-order chi connectivity index (χ0) is 15.2. The first-order valence-corrected chi connectivity index (χ1v) is 7.06. The first-order valence-electron chi connectivity index (χ1n) is 7.06. The molecule has 3 N–H and O–H groups in total. The molecule has 0 aliphatic rings.